The molecule has 1 heterocycles. The summed E-state index contributed by atoms with van der Waals surface area (Å²) in [6.07, 6.45) is 0. The second-order valence-electron chi connectivity index (χ2n) is 4.82. The van der Waals surface area contributed by atoms with E-state index >= 15 is 0 Å². The van der Waals surface area contributed by atoms with Gasteiger partial charge in [0.05, 0.1) is 13.2 Å². The minimum Gasteiger partial charge on any atom is -0.423 e. The van der Waals surface area contributed by atoms with Gasteiger partial charge >= 0.3 is 7.12 Å². The predicted molar refractivity (Wildman–Crippen MR) is 79.6 cm³/mol. The first-order valence-corrected chi connectivity index (χ1v) is 6.35. The standard InChI is InChI=1S/C15H13BN2O2/c1-10-7-12(4-6-15(10)17-2)18-13-3-5-14-11(8-13)9-20-16(14)19/h3-8,18-19H,9H2,1H3. The van der Waals surface area contributed by atoms with Crippen LogP contribution < -0.4 is 10.8 Å². The van der Waals surface area contributed by atoms with E-state index in [0.717, 1.165) is 28.0 Å². The van der Waals surface area contributed by atoms with E-state index in [0.29, 0.717) is 12.3 Å². The summed E-state index contributed by atoms with van der Waals surface area (Å²) in [4.78, 5) is 3.45. The number of hydrogen-bond acceptors (Lipinski definition) is 3. The Labute approximate surface area is 118 Å². The molecular weight excluding hydrogens is 251 g/mol. The van der Waals surface area contributed by atoms with Crippen molar-refractivity contribution in [3.63, 3.8) is 0 Å². The van der Waals surface area contributed by atoms with Crippen molar-refractivity contribution >= 4 is 29.6 Å². The molecule has 20 heavy (non-hydrogen) atoms. The van der Waals surface area contributed by atoms with Gasteiger partial charge in [-0.15, -0.1) is 0 Å². The molecule has 0 atom stereocenters. The molecule has 0 aliphatic carbocycles. The van der Waals surface area contributed by atoms with Crippen LogP contribution in [0, 0.1) is 13.5 Å². The molecule has 0 aromatic heterocycles. The molecule has 3 rings (SSSR count). The summed E-state index contributed by atoms with van der Waals surface area (Å²) >= 11 is 0. The van der Waals surface area contributed by atoms with Gasteiger partial charge in [-0.3, -0.25) is 0 Å². The summed E-state index contributed by atoms with van der Waals surface area (Å²) < 4.78 is 5.17. The molecule has 0 saturated carbocycles. The summed E-state index contributed by atoms with van der Waals surface area (Å²) in [6.45, 7) is 9.40. The van der Waals surface area contributed by atoms with Crippen molar-refractivity contribution < 1.29 is 9.68 Å². The average Bonchev–Trinajstić information content (AvgIpc) is 2.80. The number of nitrogens with one attached hydrogen (secondary N) is 1. The van der Waals surface area contributed by atoms with Crippen LogP contribution in [0.5, 0.6) is 0 Å². The van der Waals surface area contributed by atoms with Crippen LogP contribution in [-0.4, -0.2) is 12.1 Å². The summed E-state index contributed by atoms with van der Waals surface area (Å²) in [5, 5.41) is 12.9. The van der Waals surface area contributed by atoms with E-state index < -0.39 is 7.12 Å². The molecule has 0 amide bonds. The maximum absolute atomic E-state index is 9.59. The number of benzene rings is 2. The van der Waals surface area contributed by atoms with Crippen LogP contribution in [0.1, 0.15) is 11.1 Å². The first-order chi connectivity index (χ1) is 9.67. The number of fused-ring (bicyclic) bond motifs is 1. The minimum absolute atomic E-state index is 0.432. The lowest BCUT2D eigenvalue weighted by Gasteiger charge is -2.09. The van der Waals surface area contributed by atoms with E-state index in [-0.39, 0.29) is 0 Å². The topological polar surface area (TPSA) is 45.9 Å². The molecule has 2 aromatic rings. The Hall–Kier alpha value is -2.29. The zero-order valence-corrected chi connectivity index (χ0v) is 11.1. The average molecular weight is 264 g/mol. The third kappa shape index (κ3) is 2.27. The van der Waals surface area contributed by atoms with Crippen molar-refractivity contribution in [2.75, 3.05) is 5.32 Å². The van der Waals surface area contributed by atoms with Gasteiger partial charge in [0, 0.05) is 11.4 Å². The number of anilines is 2. The first-order valence-electron chi connectivity index (χ1n) is 6.35. The van der Waals surface area contributed by atoms with Gasteiger partial charge in [0.1, 0.15) is 0 Å². The Morgan fingerprint density at radius 2 is 2.00 bits per heavy atom. The molecule has 0 unspecified atom stereocenters. The maximum Gasteiger partial charge on any atom is 0.491 e. The molecule has 2 aromatic carbocycles. The molecule has 4 nitrogen and oxygen atoms in total. The molecule has 0 saturated heterocycles. The first kappa shape index (κ1) is 12.7. The SMILES string of the molecule is [C-]#[N+]c1ccc(Nc2ccc3c(c2)COB3O)cc1C. The number of hydrogen-bond donors (Lipinski definition) is 2. The second-order valence-corrected chi connectivity index (χ2v) is 4.82. The number of aryl methyl sites for hydroxylation is 1. The molecule has 1 aliphatic heterocycles. The zero-order valence-electron chi connectivity index (χ0n) is 11.1. The van der Waals surface area contributed by atoms with Gasteiger partial charge in [-0.05, 0) is 47.8 Å². The van der Waals surface area contributed by atoms with Crippen LogP contribution in [0.2, 0.25) is 0 Å². The molecule has 0 spiro atoms. The molecule has 2 N–H and O–H groups in total. The van der Waals surface area contributed by atoms with Crippen LogP contribution >= 0.6 is 0 Å². The third-order valence-corrected chi connectivity index (χ3v) is 3.41. The van der Waals surface area contributed by atoms with Gasteiger partial charge in [-0.1, -0.05) is 12.1 Å². The van der Waals surface area contributed by atoms with Crippen molar-refractivity contribution in [1.29, 1.82) is 0 Å². The molecule has 98 valence electrons. The molecular formula is C15H13BN2O2. The van der Waals surface area contributed by atoms with Gasteiger partial charge in [0.15, 0.2) is 5.69 Å². The summed E-state index contributed by atoms with van der Waals surface area (Å²) in [5.74, 6) is 0. The van der Waals surface area contributed by atoms with Crippen molar-refractivity contribution in [1.82, 2.24) is 0 Å². The molecule has 5 heteroatoms. The summed E-state index contributed by atoms with van der Waals surface area (Å²) in [7, 11) is -0.806. The zero-order chi connectivity index (χ0) is 14.1. The van der Waals surface area contributed by atoms with Gasteiger partial charge in [0.2, 0.25) is 0 Å². The van der Waals surface area contributed by atoms with Gasteiger partial charge in [0.25, 0.3) is 0 Å². The van der Waals surface area contributed by atoms with Crippen molar-refractivity contribution in [2.45, 2.75) is 13.5 Å². The smallest absolute Gasteiger partial charge is 0.423 e. The Morgan fingerprint density at radius 1 is 1.25 bits per heavy atom. The quantitative estimate of drug-likeness (QED) is 0.647. The van der Waals surface area contributed by atoms with Crippen LogP contribution in [0.4, 0.5) is 17.1 Å². The third-order valence-electron chi connectivity index (χ3n) is 3.41. The van der Waals surface area contributed by atoms with Crippen LogP contribution in [0.25, 0.3) is 4.85 Å². The highest BCUT2D eigenvalue weighted by molar-refractivity contribution is 6.61. The Kier molecular flexibility index (Phi) is 3.19. The lowest BCUT2D eigenvalue weighted by atomic mass is 9.79. The minimum atomic E-state index is -0.806. The van der Waals surface area contributed by atoms with Gasteiger partial charge < -0.3 is 15.0 Å². The fourth-order valence-corrected chi connectivity index (χ4v) is 2.33. The van der Waals surface area contributed by atoms with Crippen molar-refractivity contribution in [2.24, 2.45) is 0 Å². The van der Waals surface area contributed by atoms with E-state index in [1.54, 1.807) is 0 Å². The highest BCUT2D eigenvalue weighted by atomic mass is 16.5. The second kappa shape index (κ2) is 5.01. The largest absolute Gasteiger partial charge is 0.491 e. The molecule has 0 fully saturated rings. The Morgan fingerprint density at radius 3 is 2.75 bits per heavy atom. The maximum atomic E-state index is 9.59. The van der Waals surface area contributed by atoms with Crippen LogP contribution in [0.3, 0.4) is 0 Å². The van der Waals surface area contributed by atoms with Crippen LogP contribution in [0.15, 0.2) is 36.4 Å². The highest BCUT2D eigenvalue weighted by Crippen LogP contribution is 2.25. The molecule has 0 radical (unpaired) electrons. The number of nitrogens with zero attached hydrogens (tertiary/aromatic N) is 1. The monoisotopic (exact) mass is 264 g/mol. The highest BCUT2D eigenvalue weighted by Gasteiger charge is 2.26. The Bertz CT molecular complexity index is 710. The molecule has 0 bridgehead atoms. The van der Waals surface area contributed by atoms with Crippen molar-refractivity contribution in [3.8, 4) is 0 Å². The van der Waals surface area contributed by atoms with E-state index in [2.05, 4.69) is 10.2 Å². The fraction of sp³-hybridized carbons (Fsp3) is 0.133. The lowest BCUT2D eigenvalue weighted by molar-refractivity contribution is 0.275. The van der Waals surface area contributed by atoms with Crippen LogP contribution in [-0.2, 0) is 11.3 Å². The van der Waals surface area contributed by atoms with E-state index in [4.69, 9.17) is 11.2 Å². The lowest BCUT2D eigenvalue weighted by Crippen LogP contribution is -2.27. The summed E-state index contributed by atoms with van der Waals surface area (Å²) in [6, 6.07) is 11.4. The predicted octanol–water partition coefficient (Wildman–Crippen LogP) is 2.51. The Balaban J connectivity index is 1.85. The van der Waals surface area contributed by atoms with E-state index in [1.165, 1.54) is 0 Å². The van der Waals surface area contributed by atoms with Crippen molar-refractivity contribution in [3.05, 3.63) is 58.9 Å². The fourth-order valence-electron chi connectivity index (χ4n) is 2.33. The van der Waals surface area contributed by atoms with E-state index in [1.807, 2.05) is 43.3 Å². The summed E-state index contributed by atoms with van der Waals surface area (Å²) in [5.41, 5.74) is 5.32. The van der Waals surface area contributed by atoms with E-state index in [9.17, 15) is 5.02 Å². The van der Waals surface area contributed by atoms with Gasteiger partial charge in [-0.25, -0.2) is 4.85 Å². The molecule has 1 aliphatic rings. The van der Waals surface area contributed by atoms with Gasteiger partial charge in [-0.2, -0.15) is 0 Å². The number of rotatable bonds is 2. The normalized spacial score (nSPS) is 12.9.